The Morgan fingerprint density at radius 2 is 2.03 bits per heavy atom. The second kappa shape index (κ2) is 12.5. The molecule has 0 saturated carbocycles. The van der Waals surface area contributed by atoms with Crippen molar-refractivity contribution in [2.75, 3.05) is 23.9 Å². The number of carbonyl (C=O) groups is 3. The number of aliphatic carboxylic acids is 1. The summed E-state index contributed by atoms with van der Waals surface area (Å²) in [6, 6.07) is -0.892. The van der Waals surface area contributed by atoms with Crippen molar-refractivity contribution in [1.29, 1.82) is 5.41 Å². The summed E-state index contributed by atoms with van der Waals surface area (Å²) < 4.78 is 1.94. The van der Waals surface area contributed by atoms with E-state index >= 15 is 0 Å². The number of aliphatic hydroxyl groups is 1. The minimum absolute atomic E-state index is 0. The number of nitrogens with zero attached hydrogens (tertiary/aromatic N) is 4. The maximum absolute atomic E-state index is 12.7. The van der Waals surface area contributed by atoms with Crippen LogP contribution < -0.4 is 44.8 Å². The van der Waals surface area contributed by atoms with Crippen LogP contribution >= 0.6 is 58.0 Å². The van der Waals surface area contributed by atoms with Gasteiger partial charge in [-0.05, 0) is 5.57 Å². The quantitative estimate of drug-likeness (QED) is 0.0922. The van der Waals surface area contributed by atoms with Gasteiger partial charge in [-0.2, -0.15) is 4.73 Å². The van der Waals surface area contributed by atoms with Crippen molar-refractivity contribution in [3.63, 3.8) is 0 Å². The first-order chi connectivity index (χ1) is 16.3. The Morgan fingerprint density at radius 1 is 1.31 bits per heavy atom. The number of carboxylic acid groups (broad SMARTS) is 1. The van der Waals surface area contributed by atoms with Crippen molar-refractivity contribution < 1.29 is 59.4 Å². The van der Waals surface area contributed by atoms with E-state index in [0.717, 1.165) is 16.2 Å². The molecule has 182 valence electrons. The van der Waals surface area contributed by atoms with E-state index in [2.05, 4.69) is 15.5 Å². The summed E-state index contributed by atoms with van der Waals surface area (Å²) in [6.07, 6.45) is -0.224. The van der Waals surface area contributed by atoms with Crippen LogP contribution in [0, 0.1) is 5.41 Å². The molecule has 0 bridgehead atoms. The van der Waals surface area contributed by atoms with Gasteiger partial charge in [0.25, 0.3) is 5.91 Å². The van der Waals surface area contributed by atoms with Crippen molar-refractivity contribution in [2.45, 2.75) is 26.5 Å². The normalized spacial score (nSPS) is 19.1. The number of carboxylic acids is 1. The summed E-state index contributed by atoms with van der Waals surface area (Å²) in [5, 5.41) is 49.5. The standard InChI is InChI=1S/C17H18N6O6S5.Na/c18-15-23(29)8(6-32-15)3-9(25)19-10-12(26)22-11(14(27)28)7(4-31-13(10)22)5-33-17-21-20-16(34-17)30-2-1-24;/h6,10,13,18,24,29H,1-5H2,(H,19,25)(H,27,28);/q;+1/p-1/t10?,13-;/m1./s1. The number of rotatable bonds is 10. The molecule has 0 spiro atoms. The van der Waals surface area contributed by atoms with Crippen molar-refractivity contribution in [3.05, 3.63) is 27.1 Å². The molecule has 4 rings (SSSR count). The number of hydrogen-bond acceptors (Lipinski definition) is 14. The summed E-state index contributed by atoms with van der Waals surface area (Å²) in [5.74, 6) is -1.40. The van der Waals surface area contributed by atoms with Crippen LogP contribution in [0.3, 0.4) is 0 Å². The van der Waals surface area contributed by atoms with E-state index in [0.29, 0.717) is 30.5 Å². The van der Waals surface area contributed by atoms with Gasteiger partial charge >= 0.3 is 29.6 Å². The summed E-state index contributed by atoms with van der Waals surface area (Å²) in [4.78, 5) is 38.0. The van der Waals surface area contributed by atoms with Crippen molar-refractivity contribution in [3.8, 4) is 0 Å². The zero-order valence-corrected chi connectivity index (χ0v) is 24.2. The van der Waals surface area contributed by atoms with Crippen LogP contribution in [0.15, 0.2) is 25.3 Å². The number of amides is 2. The Kier molecular flexibility index (Phi) is 10.2. The van der Waals surface area contributed by atoms with Gasteiger partial charge in [-0.15, -0.1) is 33.3 Å². The summed E-state index contributed by atoms with van der Waals surface area (Å²) in [7, 11) is 0. The second-order valence-electron chi connectivity index (χ2n) is 6.91. The van der Waals surface area contributed by atoms with E-state index in [-0.39, 0.29) is 64.5 Å². The minimum atomic E-state index is -1.46. The first kappa shape index (κ1) is 28.5. The molecular formula is C17H17N6NaO6S5. The SMILES string of the molecule is N=c1scc(CC(=O)NC2C(=O)N3C(C(=O)[O-])=C(CSc4nnc(SCCO)s4)CS[C@H]23)n1O.[Na+]. The van der Waals surface area contributed by atoms with Crippen LogP contribution in [-0.4, -0.2) is 83.2 Å². The summed E-state index contributed by atoms with van der Waals surface area (Å²) in [5.41, 5.74) is 0.555. The molecule has 4 heterocycles. The van der Waals surface area contributed by atoms with Crippen LogP contribution in [0.4, 0.5) is 0 Å². The number of aromatic nitrogens is 3. The number of hydrogen-bond donors (Lipinski definition) is 4. The molecule has 2 atom stereocenters. The predicted molar refractivity (Wildman–Crippen MR) is 125 cm³/mol. The average molecular weight is 585 g/mol. The molecule has 1 fully saturated rings. The molecule has 35 heavy (non-hydrogen) atoms. The van der Waals surface area contributed by atoms with Gasteiger partial charge in [0.2, 0.25) is 10.7 Å². The van der Waals surface area contributed by atoms with Crippen LogP contribution in [0.2, 0.25) is 0 Å². The maximum Gasteiger partial charge on any atom is 1.00 e. The molecule has 2 aromatic rings. The van der Waals surface area contributed by atoms with Crippen LogP contribution in [0.5, 0.6) is 0 Å². The first-order valence-electron chi connectivity index (χ1n) is 9.60. The Bertz CT molecular complexity index is 1210. The molecule has 4 N–H and O–H groups in total. The van der Waals surface area contributed by atoms with Gasteiger partial charge in [-0.3, -0.25) is 19.9 Å². The number of nitrogens with one attached hydrogen (secondary N) is 2. The monoisotopic (exact) mass is 584 g/mol. The number of fused-ring (bicyclic) bond motifs is 1. The van der Waals surface area contributed by atoms with Gasteiger partial charge in [0.05, 0.1) is 30.4 Å². The molecule has 2 aliphatic heterocycles. The fourth-order valence-electron chi connectivity index (χ4n) is 3.24. The zero-order chi connectivity index (χ0) is 24.4. The second-order valence-corrected chi connectivity index (χ2v) is 12.4. The Morgan fingerprint density at radius 3 is 2.66 bits per heavy atom. The van der Waals surface area contributed by atoms with Gasteiger partial charge in [0.15, 0.2) is 8.68 Å². The average Bonchev–Trinajstić information content (AvgIpc) is 3.40. The smallest absolute Gasteiger partial charge is 0.543 e. The molecule has 0 aliphatic carbocycles. The zero-order valence-electron chi connectivity index (χ0n) is 18.1. The number of thiazole rings is 1. The van der Waals surface area contributed by atoms with Gasteiger partial charge in [0.1, 0.15) is 11.4 Å². The van der Waals surface area contributed by atoms with Gasteiger partial charge < -0.3 is 25.5 Å². The molecule has 0 radical (unpaired) electrons. The fourth-order valence-corrected chi connectivity index (χ4v) is 8.20. The van der Waals surface area contributed by atoms with E-state index < -0.39 is 29.2 Å². The molecule has 1 saturated heterocycles. The third kappa shape index (κ3) is 6.27. The molecular weight excluding hydrogens is 568 g/mol. The first-order valence-corrected chi connectivity index (χ1v) is 14.3. The molecule has 18 heteroatoms. The third-order valence-corrected chi connectivity index (χ3v) is 10.1. The van der Waals surface area contributed by atoms with Crippen LogP contribution in [0.1, 0.15) is 5.69 Å². The van der Waals surface area contributed by atoms with Crippen molar-refractivity contribution in [2.24, 2.45) is 0 Å². The number of aliphatic hydroxyl groups excluding tert-OH is 1. The molecule has 1 unspecified atom stereocenters. The fraction of sp³-hybridized carbons (Fsp3) is 0.412. The summed E-state index contributed by atoms with van der Waals surface area (Å²) >= 11 is 6.33. The van der Waals surface area contributed by atoms with Crippen LogP contribution in [-0.2, 0) is 20.8 Å². The predicted octanol–water partition coefficient (Wildman–Crippen LogP) is -4.06. The Hall–Kier alpha value is -1.05. The number of carbonyl (C=O) groups excluding carboxylic acids is 3. The molecule has 2 aromatic heterocycles. The van der Waals surface area contributed by atoms with E-state index in [4.69, 9.17) is 10.5 Å². The molecule has 2 aliphatic rings. The van der Waals surface area contributed by atoms with E-state index in [1.807, 2.05) is 0 Å². The largest absolute Gasteiger partial charge is 1.00 e. The summed E-state index contributed by atoms with van der Waals surface area (Å²) in [6.45, 7) is 0.0276. The maximum atomic E-state index is 12.7. The minimum Gasteiger partial charge on any atom is -0.543 e. The van der Waals surface area contributed by atoms with Crippen molar-refractivity contribution >= 4 is 75.7 Å². The molecule has 12 nitrogen and oxygen atoms in total. The molecule has 0 aromatic carbocycles. The van der Waals surface area contributed by atoms with Gasteiger partial charge in [-0.1, -0.05) is 34.9 Å². The van der Waals surface area contributed by atoms with E-state index in [1.165, 1.54) is 52.0 Å². The number of β-lactam (4-membered cyclic amide) rings is 1. The van der Waals surface area contributed by atoms with E-state index in [1.54, 1.807) is 0 Å². The van der Waals surface area contributed by atoms with Gasteiger partial charge in [0, 0.05) is 22.6 Å². The topological polar surface area (TPSA) is 185 Å². The Labute approximate surface area is 241 Å². The number of thioether (sulfide) groups is 3. The third-order valence-electron chi connectivity index (χ3n) is 4.74. The Balaban J connectivity index is 0.00000342. The molecule has 2 amide bonds. The van der Waals surface area contributed by atoms with Crippen LogP contribution in [0.25, 0.3) is 0 Å². The van der Waals surface area contributed by atoms with Gasteiger partial charge in [-0.25, -0.2) is 0 Å². The van der Waals surface area contributed by atoms with E-state index in [9.17, 15) is 24.7 Å². The van der Waals surface area contributed by atoms with Crippen molar-refractivity contribution in [1.82, 2.24) is 25.1 Å².